The third-order valence-corrected chi connectivity index (χ3v) is 6.14. The minimum atomic E-state index is -0.0639. The highest BCUT2D eigenvalue weighted by molar-refractivity contribution is 5.92. The highest BCUT2D eigenvalue weighted by Crippen LogP contribution is 2.23. The van der Waals surface area contributed by atoms with Crippen LogP contribution in [0.1, 0.15) is 23.6 Å². The molecule has 0 saturated carbocycles. The third kappa shape index (κ3) is 5.85. The number of amides is 2. The molecule has 2 amide bonds. The number of aryl methyl sites for hydroxylation is 2. The Morgan fingerprint density at radius 2 is 1.68 bits per heavy atom. The van der Waals surface area contributed by atoms with Crippen LogP contribution in [-0.2, 0) is 16.0 Å². The summed E-state index contributed by atoms with van der Waals surface area (Å²) in [6.45, 7) is 10.1. The predicted octanol–water partition coefficient (Wildman–Crippen LogP) is 1.67. The van der Waals surface area contributed by atoms with E-state index in [0.29, 0.717) is 6.54 Å². The minimum absolute atomic E-state index is 0.0639. The van der Waals surface area contributed by atoms with Crippen molar-refractivity contribution in [1.29, 1.82) is 0 Å². The van der Waals surface area contributed by atoms with Crippen molar-refractivity contribution in [3.05, 3.63) is 59.2 Å². The van der Waals surface area contributed by atoms with Gasteiger partial charge < -0.3 is 20.0 Å². The summed E-state index contributed by atoms with van der Waals surface area (Å²) < 4.78 is 0. The summed E-state index contributed by atoms with van der Waals surface area (Å²) in [5.41, 5.74) is 5.84. The fourth-order valence-corrected chi connectivity index (χ4v) is 4.13. The summed E-state index contributed by atoms with van der Waals surface area (Å²) in [5, 5.41) is 2.99. The van der Waals surface area contributed by atoms with Crippen LogP contribution in [-0.4, -0.2) is 63.0 Å². The van der Waals surface area contributed by atoms with Gasteiger partial charge in [0, 0.05) is 37.6 Å². The van der Waals surface area contributed by atoms with E-state index >= 15 is 0 Å². The van der Waals surface area contributed by atoms with E-state index in [-0.39, 0.29) is 18.4 Å². The van der Waals surface area contributed by atoms with Gasteiger partial charge in [0.05, 0.1) is 7.05 Å². The van der Waals surface area contributed by atoms with Crippen LogP contribution in [0, 0.1) is 13.8 Å². The number of nitrogens with one attached hydrogen (secondary N) is 2. The molecule has 1 fully saturated rings. The van der Waals surface area contributed by atoms with Gasteiger partial charge >= 0.3 is 0 Å². The molecule has 2 aromatic carbocycles. The van der Waals surface area contributed by atoms with Gasteiger partial charge in [-0.05, 0) is 49.1 Å². The van der Waals surface area contributed by atoms with Crippen LogP contribution >= 0.6 is 0 Å². The Hall–Kier alpha value is -2.86. The molecule has 0 bridgehead atoms. The number of carbonyl (C=O) groups excluding carboxylic acids is 2. The molecule has 1 aliphatic rings. The number of para-hydroxylation sites is 1. The number of carbonyl (C=O) groups is 2. The van der Waals surface area contributed by atoms with Gasteiger partial charge in [0.2, 0.25) is 0 Å². The van der Waals surface area contributed by atoms with Gasteiger partial charge in [0.1, 0.15) is 0 Å². The number of piperazine rings is 1. The summed E-state index contributed by atoms with van der Waals surface area (Å²) in [6.07, 6.45) is 0.867. The summed E-state index contributed by atoms with van der Waals surface area (Å²) in [6, 6.07) is 14.2. The number of benzene rings is 2. The highest BCUT2D eigenvalue weighted by Gasteiger charge is 2.25. The zero-order valence-corrected chi connectivity index (χ0v) is 19.2. The lowest BCUT2D eigenvalue weighted by atomic mass is 10.1. The number of rotatable bonds is 7. The number of hydrogen-bond acceptors (Lipinski definition) is 3. The zero-order chi connectivity index (χ0) is 22.4. The van der Waals surface area contributed by atoms with Crippen LogP contribution in [0.2, 0.25) is 0 Å². The van der Waals surface area contributed by atoms with Gasteiger partial charge in [-0.15, -0.1) is 0 Å². The second-order valence-electron chi connectivity index (χ2n) is 8.46. The zero-order valence-electron chi connectivity index (χ0n) is 19.2. The van der Waals surface area contributed by atoms with Gasteiger partial charge in [-0.2, -0.15) is 0 Å². The van der Waals surface area contributed by atoms with Crippen LogP contribution in [0.25, 0.3) is 0 Å². The first-order valence-electron chi connectivity index (χ1n) is 11.2. The maximum Gasteiger partial charge on any atom is 0.279 e. The van der Waals surface area contributed by atoms with Crippen LogP contribution in [0.4, 0.5) is 11.4 Å². The molecule has 6 heteroatoms. The van der Waals surface area contributed by atoms with Crippen molar-refractivity contribution < 1.29 is 14.5 Å². The normalized spacial score (nSPS) is 15.0. The number of likely N-dealkylation sites (N-methyl/N-ethyl adjacent to an activating group) is 1. The van der Waals surface area contributed by atoms with Crippen LogP contribution in [0.3, 0.4) is 0 Å². The van der Waals surface area contributed by atoms with E-state index in [1.807, 2.05) is 36.2 Å². The summed E-state index contributed by atoms with van der Waals surface area (Å²) in [5.74, 6) is 0.0471. The smallest absolute Gasteiger partial charge is 0.279 e. The van der Waals surface area contributed by atoms with E-state index in [4.69, 9.17) is 0 Å². The number of hydrogen-bond donors (Lipinski definition) is 2. The molecule has 0 aromatic heterocycles. The van der Waals surface area contributed by atoms with E-state index in [9.17, 15) is 9.59 Å². The second kappa shape index (κ2) is 10.4. The van der Waals surface area contributed by atoms with Crippen molar-refractivity contribution in [2.45, 2.75) is 27.2 Å². The van der Waals surface area contributed by atoms with Gasteiger partial charge in [0.15, 0.2) is 13.1 Å². The van der Waals surface area contributed by atoms with E-state index in [2.05, 4.69) is 49.2 Å². The van der Waals surface area contributed by atoms with Crippen LogP contribution in [0.5, 0.6) is 0 Å². The van der Waals surface area contributed by atoms with Gasteiger partial charge in [-0.1, -0.05) is 37.3 Å². The molecular weight excluding hydrogens is 388 g/mol. The SMILES string of the molecule is CCc1ccccc1NC(=O)C[NH+](C)CC(=O)N1CCN(c2cccc(C)c2C)CC1. The first-order chi connectivity index (χ1) is 14.9. The lowest BCUT2D eigenvalue weighted by Crippen LogP contribution is -3.11. The second-order valence-corrected chi connectivity index (χ2v) is 8.46. The molecule has 2 N–H and O–H groups in total. The van der Waals surface area contributed by atoms with Crippen molar-refractivity contribution in [3.8, 4) is 0 Å². The predicted molar refractivity (Wildman–Crippen MR) is 126 cm³/mol. The maximum atomic E-state index is 12.8. The fraction of sp³-hybridized carbons (Fsp3) is 0.440. The topological polar surface area (TPSA) is 57.1 Å². The molecule has 31 heavy (non-hydrogen) atoms. The average Bonchev–Trinajstić information content (AvgIpc) is 2.76. The first kappa shape index (κ1) is 22.8. The fourth-order valence-electron chi connectivity index (χ4n) is 4.13. The average molecular weight is 424 g/mol. The van der Waals surface area contributed by atoms with Gasteiger partial charge in [-0.3, -0.25) is 9.59 Å². The third-order valence-electron chi connectivity index (χ3n) is 6.14. The van der Waals surface area contributed by atoms with Crippen molar-refractivity contribution in [3.63, 3.8) is 0 Å². The van der Waals surface area contributed by atoms with E-state index in [1.165, 1.54) is 16.8 Å². The van der Waals surface area contributed by atoms with E-state index in [1.54, 1.807) is 0 Å². The van der Waals surface area contributed by atoms with Crippen molar-refractivity contribution in [2.75, 3.05) is 56.5 Å². The highest BCUT2D eigenvalue weighted by atomic mass is 16.2. The molecule has 3 rings (SSSR count). The van der Waals surface area contributed by atoms with Crippen molar-refractivity contribution >= 4 is 23.2 Å². The van der Waals surface area contributed by atoms with Crippen molar-refractivity contribution in [1.82, 2.24) is 4.90 Å². The molecule has 6 nitrogen and oxygen atoms in total. The number of anilines is 2. The number of quaternary nitrogens is 1. The summed E-state index contributed by atoms with van der Waals surface area (Å²) >= 11 is 0. The lowest BCUT2D eigenvalue weighted by Gasteiger charge is -2.37. The van der Waals surface area contributed by atoms with Crippen LogP contribution < -0.4 is 15.1 Å². The van der Waals surface area contributed by atoms with E-state index < -0.39 is 0 Å². The van der Waals surface area contributed by atoms with Crippen LogP contribution in [0.15, 0.2) is 42.5 Å². The Morgan fingerprint density at radius 3 is 2.39 bits per heavy atom. The molecule has 166 valence electrons. The number of nitrogens with zero attached hydrogens (tertiary/aromatic N) is 2. The Kier molecular flexibility index (Phi) is 7.69. The Balaban J connectivity index is 1.47. The van der Waals surface area contributed by atoms with Gasteiger partial charge in [-0.25, -0.2) is 0 Å². The molecule has 0 radical (unpaired) electrons. The summed E-state index contributed by atoms with van der Waals surface area (Å²) in [4.78, 5) is 30.4. The van der Waals surface area contributed by atoms with E-state index in [0.717, 1.165) is 48.8 Å². The molecule has 1 saturated heterocycles. The van der Waals surface area contributed by atoms with Crippen molar-refractivity contribution in [2.24, 2.45) is 0 Å². The molecule has 1 aliphatic heterocycles. The molecule has 2 aromatic rings. The standard InChI is InChI=1S/C25H34N4O2/c1-5-21-10-6-7-11-22(21)26-24(30)17-27(4)18-25(31)29-15-13-28(14-16-29)23-12-8-9-19(2)20(23)3/h6-12H,5,13-18H2,1-4H3,(H,26,30)/p+1. The molecule has 0 aliphatic carbocycles. The van der Waals surface area contributed by atoms with Gasteiger partial charge in [0.25, 0.3) is 11.8 Å². The molecule has 0 spiro atoms. The Bertz CT molecular complexity index is 919. The monoisotopic (exact) mass is 423 g/mol. The minimum Gasteiger partial charge on any atom is -0.368 e. The largest absolute Gasteiger partial charge is 0.368 e. The molecule has 1 atom stereocenters. The maximum absolute atomic E-state index is 12.8. The molecule has 1 unspecified atom stereocenters. The molecule has 1 heterocycles. The first-order valence-corrected chi connectivity index (χ1v) is 11.2. The Labute approximate surface area is 185 Å². The Morgan fingerprint density at radius 1 is 0.968 bits per heavy atom. The molecular formula is C25H35N4O2+. The lowest BCUT2D eigenvalue weighted by molar-refractivity contribution is -0.862. The quantitative estimate of drug-likeness (QED) is 0.712. The summed E-state index contributed by atoms with van der Waals surface area (Å²) in [7, 11) is 1.90.